The van der Waals surface area contributed by atoms with Gasteiger partial charge in [0.1, 0.15) is 0 Å². The number of aryl methyl sites for hydroxylation is 1. The summed E-state index contributed by atoms with van der Waals surface area (Å²) in [6.07, 6.45) is 2.99. The average Bonchev–Trinajstić information content (AvgIpc) is 2.36. The van der Waals surface area contributed by atoms with E-state index in [4.69, 9.17) is 4.74 Å². The predicted octanol–water partition coefficient (Wildman–Crippen LogP) is 2.76. The minimum atomic E-state index is -0.262. The molecule has 3 heteroatoms. The van der Waals surface area contributed by atoms with Gasteiger partial charge in [0, 0.05) is 7.05 Å². The fraction of sp³-hybridized carbons (Fsp3) is 0.462. The maximum Gasteiger partial charge on any atom is 0.409 e. The zero-order valence-electron chi connectivity index (χ0n) is 9.77. The lowest BCUT2D eigenvalue weighted by atomic mass is 9.87. The highest BCUT2D eigenvalue weighted by Gasteiger charge is 2.26. The quantitative estimate of drug-likeness (QED) is 0.726. The van der Waals surface area contributed by atoms with E-state index in [0.717, 1.165) is 19.3 Å². The number of hydrogen-bond donors (Lipinski definition) is 0. The third-order valence-electron chi connectivity index (χ3n) is 3.27. The van der Waals surface area contributed by atoms with Crippen LogP contribution in [0.4, 0.5) is 4.79 Å². The van der Waals surface area contributed by atoms with Crippen LogP contribution in [0, 0.1) is 0 Å². The molecule has 16 heavy (non-hydrogen) atoms. The Hall–Kier alpha value is -1.51. The first kappa shape index (κ1) is 11.0. The van der Waals surface area contributed by atoms with Crippen molar-refractivity contribution >= 4 is 6.09 Å². The molecule has 0 radical (unpaired) electrons. The Bertz CT molecular complexity index is 389. The summed E-state index contributed by atoms with van der Waals surface area (Å²) in [5.74, 6) is 0. The molecule has 0 saturated carbocycles. The Morgan fingerprint density at radius 2 is 2.19 bits per heavy atom. The molecule has 1 aromatic rings. The molecule has 0 saturated heterocycles. The van der Waals surface area contributed by atoms with Gasteiger partial charge in [0.2, 0.25) is 0 Å². The number of carbonyl (C=O) groups is 1. The van der Waals surface area contributed by atoms with Crippen LogP contribution in [-0.2, 0) is 11.2 Å². The van der Waals surface area contributed by atoms with Crippen LogP contribution in [0.5, 0.6) is 0 Å². The van der Waals surface area contributed by atoms with E-state index in [1.807, 2.05) is 6.07 Å². The Kier molecular flexibility index (Phi) is 3.13. The fourth-order valence-corrected chi connectivity index (χ4v) is 2.40. The van der Waals surface area contributed by atoms with Gasteiger partial charge in [0.25, 0.3) is 0 Å². The smallest absolute Gasteiger partial charge is 0.409 e. The maximum atomic E-state index is 11.5. The second kappa shape index (κ2) is 4.56. The second-order valence-corrected chi connectivity index (χ2v) is 4.19. The zero-order valence-corrected chi connectivity index (χ0v) is 9.77. The van der Waals surface area contributed by atoms with Crippen molar-refractivity contribution < 1.29 is 9.53 Å². The number of amides is 1. The number of rotatable bonds is 1. The number of carbonyl (C=O) groups excluding carboxylic acids is 1. The van der Waals surface area contributed by atoms with Crippen LogP contribution in [-0.4, -0.2) is 25.2 Å². The van der Waals surface area contributed by atoms with E-state index in [1.165, 1.54) is 18.2 Å². The van der Waals surface area contributed by atoms with Gasteiger partial charge < -0.3 is 9.64 Å². The standard InChI is InChI=1S/C13H17NO2/c1-14(13(15)16-2)12-9-5-7-10-6-3-4-8-11(10)12/h3-4,6,8,12H,5,7,9H2,1-2H3. The lowest BCUT2D eigenvalue weighted by Gasteiger charge is -2.32. The molecular formula is C13H17NO2. The first-order valence-corrected chi connectivity index (χ1v) is 5.62. The topological polar surface area (TPSA) is 29.5 Å². The SMILES string of the molecule is COC(=O)N(C)C1CCCc2ccccc21. The van der Waals surface area contributed by atoms with Crippen molar-refractivity contribution in [1.29, 1.82) is 0 Å². The number of ether oxygens (including phenoxy) is 1. The summed E-state index contributed by atoms with van der Waals surface area (Å²) in [5, 5.41) is 0. The average molecular weight is 219 g/mol. The van der Waals surface area contributed by atoms with Crippen molar-refractivity contribution in [1.82, 2.24) is 4.90 Å². The van der Waals surface area contributed by atoms with Crippen LogP contribution in [0.25, 0.3) is 0 Å². The van der Waals surface area contributed by atoms with Gasteiger partial charge in [0.05, 0.1) is 13.2 Å². The molecule has 1 atom stereocenters. The minimum absolute atomic E-state index is 0.164. The van der Waals surface area contributed by atoms with Crippen LogP contribution in [0.15, 0.2) is 24.3 Å². The summed E-state index contributed by atoms with van der Waals surface area (Å²) >= 11 is 0. The molecule has 0 N–H and O–H groups in total. The fourth-order valence-electron chi connectivity index (χ4n) is 2.40. The maximum absolute atomic E-state index is 11.5. The van der Waals surface area contributed by atoms with E-state index < -0.39 is 0 Å². The molecular weight excluding hydrogens is 202 g/mol. The molecule has 1 amide bonds. The number of fused-ring (bicyclic) bond motifs is 1. The van der Waals surface area contributed by atoms with Crippen LogP contribution < -0.4 is 0 Å². The normalized spacial score (nSPS) is 18.8. The van der Waals surface area contributed by atoms with E-state index in [9.17, 15) is 4.79 Å². The second-order valence-electron chi connectivity index (χ2n) is 4.19. The summed E-state index contributed by atoms with van der Waals surface area (Å²) in [4.78, 5) is 13.2. The molecule has 0 spiro atoms. The van der Waals surface area contributed by atoms with E-state index in [2.05, 4.69) is 18.2 Å². The van der Waals surface area contributed by atoms with Gasteiger partial charge in [-0.25, -0.2) is 4.79 Å². The third-order valence-corrected chi connectivity index (χ3v) is 3.27. The summed E-state index contributed by atoms with van der Waals surface area (Å²) in [7, 11) is 3.23. The largest absolute Gasteiger partial charge is 0.453 e. The first-order chi connectivity index (χ1) is 7.74. The van der Waals surface area contributed by atoms with Gasteiger partial charge in [-0.2, -0.15) is 0 Å². The van der Waals surface area contributed by atoms with E-state index in [0.29, 0.717) is 0 Å². The highest BCUT2D eigenvalue weighted by molar-refractivity contribution is 5.68. The zero-order chi connectivity index (χ0) is 11.5. The lowest BCUT2D eigenvalue weighted by Crippen LogP contribution is -2.33. The Labute approximate surface area is 96.0 Å². The molecule has 0 aliphatic heterocycles. The van der Waals surface area contributed by atoms with Gasteiger partial charge in [-0.05, 0) is 30.4 Å². The molecule has 86 valence electrons. The Balaban J connectivity index is 2.28. The molecule has 1 unspecified atom stereocenters. The van der Waals surface area contributed by atoms with Crippen LogP contribution in [0.2, 0.25) is 0 Å². The van der Waals surface area contributed by atoms with Gasteiger partial charge in [-0.1, -0.05) is 24.3 Å². The highest BCUT2D eigenvalue weighted by atomic mass is 16.5. The number of hydrogen-bond acceptors (Lipinski definition) is 2. The molecule has 0 bridgehead atoms. The summed E-state index contributed by atoms with van der Waals surface area (Å²) in [5.41, 5.74) is 2.62. The van der Waals surface area contributed by atoms with Gasteiger partial charge in [0.15, 0.2) is 0 Å². The van der Waals surface area contributed by atoms with Crippen LogP contribution >= 0.6 is 0 Å². The van der Waals surface area contributed by atoms with Crippen LogP contribution in [0.3, 0.4) is 0 Å². The summed E-state index contributed by atoms with van der Waals surface area (Å²) in [6.45, 7) is 0. The van der Waals surface area contributed by atoms with Crippen molar-refractivity contribution in [2.75, 3.05) is 14.2 Å². The van der Waals surface area contributed by atoms with E-state index >= 15 is 0 Å². The van der Waals surface area contributed by atoms with E-state index in [1.54, 1.807) is 11.9 Å². The van der Waals surface area contributed by atoms with Crippen molar-refractivity contribution in [2.24, 2.45) is 0 Å². The molecule has 1 aromatic carbocycles. The van der Waals surface area contributed by atoms with E-state index in [-0.39, 0.29) is 12.1 Å². The molecule has 0 heterocycles. The Morgan fingerprint density at radius 1 is 1.44 bits per heavy atom. The molecule has 1 aliphatic carbocycles. The lowest BCUT2D eigenvalue weighted by molar-refractivity contribution is 0.113. The van der Waals surface area contributed by atoms with Crippen molar-refractivity contribution in [3.63, 3.8) is 0 Å². The summed E-state index contributed by atoms with van der Waals surface area (Å²) < 4.78 is 4.77. The van der Waals surface area contributed by atoms with Crippen molar-refractivity contribution in [3.05, 3.63) is 35.4 Å². The summed E-state index contributed by atoms with van der Waals surface area (Å²) in [6, 6.07) is 8.50. The van der Waals surface area contributed by atoms with Crippen molar-refractivity contribution in [2.45, 2.75) is 25.3 Å². The molecule has 0 fully saturated rings. The predicted molar refractivity (Wildman–Crippen MR) is 62.3 cm³/mol. The third kappa shape index (κ3) is 1.90. The van der Waals surface area contributed by atoms with Gasteiger partial charge >= 0.3 is 6.09 Å². The molecule has 1 aliphatic rings. The molecule has 2 rings (SSSR count). The first-order valence-electron chi connectivity index (χ1n) is 5.62. The van der Waals surface area contributed by atoms with Gasteiger partial charge in [-0.3, -0.25) is 0 Å². The highest BCUT2D eigenvalue weighted by Crippen LogP contribution is 2.33. The van der Waals surface area contributed by atoms with Crippen molar-refractivity contribution in [3.8, 4) is 0 Å². The molecule has 0 aromatic heterocycles. The van der Waals surface area contributed by atoms with Gasteiger partial charge in [-0.15, -0.1) is 0 Å². The monoisotopic (exact) mass is 219 g/mol. The Morgan fingerprint density at radius 3 is 2.94 bits per heavy atom. The number of methoxy groups -OCH3 is 1. The number of benzene rings is 1. The number of nitrogens with zero attached hydrogens (tertiary/aromatic N) is 1. The molecule has 3 nitrogen and oxygen atoms in total. The minimum Gasteiger partial charge on any atom is -0.453 e. The van der Waals surface area contributed by atoms with Crippen LogP contribution in [0.1, 0.15) is 30.0 Å².